The van der Waals surface area contributed by atoms with E-state index in [2.05, 4.69) is 5.32 Å². The van der Waals surface area contributed by atoms with E-state index in [1.54, 1.807) is 4.90 Å². The van der Waals surface area contributed by atoms with Crippen molar-refractivity contribution in [3.05, 3.63) is 30.3 Å². The van der Waals surface area contributed by atoms with Crippen LogP contribution < -0.4 is 11.1 Å². The van der Waals surface area contributed by atoms with Crippen LogP contribution in [0.2, 0.25) is 0 Å². The van der Waals surface area contributed by atoms with Crippen molar-refractivity contribution in [2.24, 2.45) is 5.73 Å². The standard InChI is InChI=1S/C12H19N3O/c1-2-15(10-6-9-13)12(16)14-11-7-4-3-5-8-11/h3-5,7-8H,2,6,9-10,13H2,1H3,(H,14,16). The van der Waals surface area contributed by atoms with Gasteiger partial charge in [0.25, 0.3) is 0 Å². The van der Waals surface area contributed by atoms with Gasteiger partial charge < -0.3 is 16.0 Å². The first-order valence-electron chi connectivity index (χ1n) is 5.59. The molecule has 0 atom stereocenters. The number of carbonyl (C=O) groups excluding carboxylic acids is 1. The lowest BCUT2D eigenvalue weighted by Gasteiger charge is -2.20. The Labute approximate surface area is 96.4 Å². The molecule has 16 heavy (non-hydrogen) atoms. The molecule has 0 aromatic heterocycles. The maximum Gasteiger partial charge on any atom is 0.321 e. The normalized spacial score (nSPS) is 9.88. The van der Waals surface area contributed by atoms with Crippen molar-refractivity contribution in [1.82, 2.24) is 4.90 Å². The molecule has 2 amide bonds. The van der Waals surface area contributed by atoms with Crippen LogP contribution in [0, 0.1) is 0 Å². The molecule has 0 unspecified atom stereocenters. The van der Waals surface area contributed by atoms with E-state index in [4.69, 9.17) is 5.73 Å². The molecule has 0 aliphatic heterocycles. The number of urea groups is 1. The Morgan fingerprint density at radius 1 is 1.38 bits per heavy atom. The van der Waals surface area contributed by atoms with E-state index in [-0.39, 0.29) is 6.03 Å². The summed E-state index contributed by atoms with van der Waals surface area (Å²) in [4.78, 5) is 13.6. The lowest BCUT2D eigenvalue weighted by Crippen LogP contribution is -2.36. The van der Waals surface area contributed by atoms with E-state index in [1.807, 2.05) is 37.3 Å². The Kier molecular flexibility index (Phi) is 5.36. The fraction of sp³-hybridized carbons (Fsp3) is 0.417. The van der Waals surface area contributed by atoms with E-state index < -0.39 is 0 Å². The second-order valence-electron chi connectivity index (χ2n) is 3.52. The third-order valence-corrected chi connectivity index (χ3v) is 2.33. The summed E-state index contributed by atoms with van der Waals surface area (Å²) in [7, 11) is 0. The second-order valence-corrected chi connectivity index (χ2v) is 3.52. The summed E-state index contributed by atoms with van der Waals surface area (Å²) in [5, 5.41) is 2.85. The lowest BCUT2D eigenvalue weighted by molar-refractivity contribution is 0.214. The molecule has 0 radical (unpaired) electrons. The molecule has 0 saturated carbocycles. The van der Waals surface area contributed by atoms with Gasteiger partial charge in [0.15, 0.2) is 0 Å². The van der Waals surface area contributed by atoms with Crippen LogP contribution >= 0.6 is 0 Å². The first kappa shape index (κ1) is 12.5. The number of nitrogens with zero attached hydrogens (tertiary/aromatic N) is 1. The van der Waals surface area contributed by atoms with Crippen molar-refractivity contribution >= 4 is 11.7 Å². The minimum Gasteiger partial charge on any atom is -0.330 e. The largest absolute Gasteiger partial charge is 0.330 e. The van der Waals surface area contributed by atoms with Crippen LogP contribution in [0.15, 0.2) is 30.3 Å². The minimum atomic E-state index is -0.0675. The lowest BCUT2D eigenvalue weighted by atomic mass is 10.3. The number of carbonyl (C=O) groups is 1. The highest BCUT2D eigenvalue weighted by Gasteiger charge is 2.10. The van der Waals surface area contributed by atoms with Crippen LogP contribution in [-0.2, 0) is 0 Å². The molecule has 4 heteroatoms. The Hall–Kier alpha value is -1.55. The Morgan fingerprint density at radius 2 is 2.06 bits per heavy atom. The first-order chi connectivity index (χ1) is 7.77. The molecule has 1 rings (SSSR count). The first-order valence-corrected chi connectivity index (χ1v) is 5.59. The Morgan fingerprint density at radius 3 is 2.62 bits per heavy atom. The highest BCUT2D eigenvalue weighted by Crippen LogP contribution is 2.06. The molecule has 0 heterocycles. The molecule has 1 aromatic rings. The predicted molar refractivity (Wildman–Crippen MR) is 66.4 cm³/mol. The Balaban J connectivity index is 2.49. The molecule has 0 aliphatic carbocycles. The van der Waals surface area contributed by atoms with Gasteiger partial charge >= 0.3 is 6.03 Å². The number of benzene rings is 1. The van der Waals surface area contributed by atoms with E-state index >= 15 is 0 Å². The van der Waals surface area contributed by atoms with Gasteiger partial charge in [0, 0.05) is 18.8 Å². The van der Waals surface area contributed by atoms with Crippen LogP contribution in [0.3, 0.4) is 0 Å². The van der Waals surface area contributed by atoms with E-state index in [0.717, 1.165) is 12.1 Å². The molecule has 0 fully saturated rings. The van der Waals surface area contributed by atoms with E-state index in [0.29, 0.717) is 19.6 Å². The van der Waals surface area contributed by atoms with Crippen molar-refractivity contribution in [3.8, 4) is 0 Å². The topological polar surface area (TPSA) is 58.4 Å². The SMILES string of the molecule is CCN(CCCN)C(=O)Nc1ccccc1. The van der Waals surface area contributed by atoms with Crippen LogP contribution in [-0.4, -0.2) is 30.6 Å². The highest BCUT2D eigenvalue weighted by atomic mass is 16.2. The molecule has 0 saturated heterocycles. The number of para-hydroxylation sites is 1. The van der Waals surface area contributed by atoms with Gasteiger partial charge in [-0.05, 0) is 32.0 Å². The van der Waals surface area contributed by atoms with Gasteiger partial charge in [-0.25, -0.2) is 4.79 Å². The van der Waals surface area contributed by atoms with E-state index in [1.165, 1.54) is 0 Å². The van der Waals surface area contributed by atoms with Crippen LogP contribution in [0.25, 0.3) is 0 Å². The highest BCUT2D eigenvalue weighted by molar-refractivity contribution is 5.89. The molecular formula is C12H19N3O. The second kappa shape index (κ2) is 6.85. The van der Waals surface area contributed by atoms with Gasteiger partial charge in [-0.1, -0.05) is 18.2 Å². The zero-order valence-electron chi connectivity index (χ0n) is 9.65. The fourth-order valence-electron chi connectivity index (χ4n) is 1.41. The number of nitrogens with one attached hydrogen (secondary N) is 1. The van der Waals surface area contributed by atoms with Crippen LogP contribution in [0.1, 0.15) is 13.3 Å². The smallest absolute Gasteiger partial charge is 0.321 e. The molecule has 88 valence electrons. The van der Waals surface area contributed by atoms with Gasteiger partial charge in [-0.15, -0.1) is 0 Å². The zero-order chi connectivity index (χ0) is 11.8. The van der Waals surface area contributed by atoms with Crippen molar-refractivity contribution in [1.29, 1.82) is 0 Å². The summed E-state index contributed by atoms with van der Waals surface area (Å²) in [5.74, 6) is 0. The molecule has 1 aromatic carbocycles. The van der Waals surface area contributed by atoms with Crippen molar-refractivity contribution in [2.45, 2.75) is 13.3 Å². The molecule has 0 spiro atoms. The van der Waals surface area contributed by atoms with Crippen molar-refractivity contribution < 1.29 is 4.79 Å². The number of nitrogens with two attached hydrogens (primary N) is 1. The number of rotatable bonds is 5. The van der Waals surface area contributed by atoms with Gasteiger partial charge in [0.05, 0.1) is 0 Å². The third-order valence-electron chi connectivity index (χ3n) is 2.33. The summed E-state index contributed by atoms with van der Waals surface area (Å²) in [6.45, 7) is 3.96. The monoisotopic (exact) mass is 221 g/mol. The average Bonchev–Trinajstić information content (AvgIpc) is 2.31. The number of hydrogen-bond donors (Lipinski definition) is 2. The number of amides is 2. The summed E-state index contributed by atoms with van der Waals surface area (Å²) in [6.07, 6.45) is 0.829. The van der Waals surface area contributed by atoms with Crippen molar-refractivity contribution in [3.63, 3.8) is 0 Å². The van der Waals surface area contributed by atoms with Crippen LogP contribution in [0.5, 0.6) is 0 Å². The van der Waals surface area contributed by atoms with Crippen LogP contribution in [0.4, 0.5) is 10.5 Å². The van der Waals surface area contributed by atoms with Gasteiger partial charge in [0.2, 0.25) is 0 Å². The van der Waals surface area contributed by atoms with Gasteiger partial charge in [-0.3, -0.25) is 0 Å². The molecule has 3 N–H and O–H groups in total. The quantitative estimate of drug-likeness (QED) is 0.797. The molecular weight excluding hydrogens is 202 g/mol. The molecule has 0 aliphatic rings. The summed E-state index contributed by atoms with van der Waals surface area (Å²) in [6, 6.07) is 9.38. The summed E-state index contributed by atoms with van der Waals surface area (Å²) >= 11 is 0. The maximum atomic E-state index is 11.8. The third kappa shape index (κ3) is 3.90. The fourth-order valence-corrected chi connectivity index (χ4v) is 1.41. The zero-order valence-corrected chi connectivity index (χ0v) is 9.65. The predicted octanol–water partition coefficient (Wildman–Crippen LogP) is 1.89. The number of hydrogen-bond acceptors (Lipinski definition) is 2. The maximum absolute atomic E-state index is 11.8. The summed E-state index contributed by atoms with van der Waals surface area (Å²) in [5.41, 5.74) is 6.24. The molecule has 4 nitrogen and oxygen atoms in total. The van der Waals surface area contributed by atoms with Gasteiger partial charge in [0.1, 0.15) is 0 Å². The number of anilines is 1. The van der Waals surface area contributed by atoms with Crippen molar-refractivity contribution in [2.75, 3.05) is 25.0 Å². The average molecular weight is 221 g/mol. The molecule has 0 bridgehead atoms. The minimum absolute atomic E-state index is 0.0675. The summed E-state index contributed by atoms with van der Waals surface area (Å²) < 4.78 is 0. The van der Waals surface area contributed by atoms with Gasteiger partial charge in [-0.2, -0.15) is 0 Å². The van der Waals surface area contributed by atoms with E-state index in [9.17, 15) is 4.79 Å². The Bertz CT molecular complexity index is 313.